The van der Waals surface area contributed by atoms with E-state index in [9.17, 15) is 14.9 Å². The summed E-state index contributed by atoms with van der Waals surface area (Å²) in [5.41, 5.74) is 4.83. The fourth-order valence-corrected chi connectivity index (χ4v) is 4.18. The standard InChI is InChI=1S/C28H22N4O3/c1-18-12-13-24-21(14-18)26-23(17-35-24)25(31-32(26)20-10-6-3-7-11-20)27(33)22(15-29)28(34)30-16-19-8-4-2-5-9-19/h2-14,22H,16-17H2,1H3,(H,30,34). The van der Waals surface area contributed by atoms with Gasteiger partial charge in [0.1, 0.15) is 18.1 Å². The van der Waals surface area contributed by atoms with Crippen molar-refractivity contribution in [3.63, 3.8) is 0 Å². The first-order valence-electron chi connectivity index (χ1n) is 11.2. The normalized spacial score (nSPS) is 12.5. The van der Waals surface area contributed by atoms with Gasteiger partial charge in [-0.15, -0.1) is 0 Å². The molecule has 1 aromatic heterocycles. The highest BCUT2D eigenvalue weighted by Crippen LogP contribution is 2.41. The smallest absolute Gasteiger partial charge is 0.245 e. The van der Waals surface area contributed by atoms with E-state index in [1.807, 2.05) is 91.9 Å². The Hall–Kier alpha value is -4.70. The van der Waals surface area contributed by atoms with Gasteiger partial charge in [0, 0.05) is 17.7 Å². The molecule has 0 aliphatic carbocycles. The number of fused-ring (bicyclic) bond motifs is 3. The van der Waals surface area contributed by atoms with Crippen molar-refractivity contribution < 1.29 is 14.3 Å². The Balaban J connectivity index is 1.54. The Morgan fingerprint density at radius 3 is 2.51 bits per heavy atom. The van der Waals surface area contributed by atoms with Crippen molar-refractivity contribution in [2.75, 3.05) is 0 Å². The second kappa shape index (κ2) is 9.27. The first-order chi connectivity index (χ1) is 17.1. The van der Waals surface area contributed by atoms with Gasteiger partial charge in [-0.3, -0.25) is 9.59 Å². The third kappa shape index (κ3) is 4.18. The Bertz CT molecular complexity index is 1450. The first kappa shape index (κ1) is 22.1. The number of hydrogen-bond acceptors (Lipinski definition) is 5. The summed E-state index contributed by atoms with van der Waals surface area (Å²) in [6, 6.07) is 26.5. The number of ketones is 1. The maximum Gasteiger partial charge on any atom is 0.245 e. The second-order valence-electron chi connectivity index (χ2n) is 8.34. The topological polar surface area (TPSA) is 97.0 Å². The lowest BCUT2D eigenvalue weighted by atomic mass is 9.95. The maximum atomic E-state index is 13.5. The third-order valence-electron chi connectivity index (χ3n) is 5.94. The molecule has 7 nitrogen and oxygen atoms in total. The average Bonchev–Trinajstić information content (AvgIpc) is 3.29. The zero-order chi connectivity index (χ0) is 24.4. The molecule has 1 N–H and O–H groups in total. The summed E-state index contributed by atoms with van der Waals surface area (Å²) in [6.45, 7) is 2.31. The van der Waals surface area contributed by atoms with E-state index in [0.29, 0.717) is 11.3 Å². The minimum atomic E-state index is -1.53. The molecular weight excluding hydrogens is 440 g/mol. The Kier molecular flexibility index (Phi) is 5.86. The second-order valence-corrected chi connectivity index (χ2v) is 8.34. The summed E-state index contributed by atoms with van der Waals surface area (Å²) in [5.74, 6) is -2.14. The van der Waals surface area contributed by atoms with Crippen LogP contribution < -0.4 is 10.1 Å². The van der Waals surface area contributed by atoms with Crippen molar-refractivity contribution in [2.45, 2.75) is 20.1 Å². The molecule has 0 bridgehead atoms. The number of amides is 1. The summed E-state index contributed by atoms with van der Waals surface area (Å²) in [4.78, 5) is 26.3. The monoisotopic (exact) mass is 462 g/mol. The van der Waals surface area contributed by atoms with Gasteiger partial charge in [0.2, 0.25) is 11.7 Å². The number of ether oxygens (including phenoxy) is 1. The van der Waals surface area contributed by atoms with Gasteiger partial charge in [-0.2, -0.15) is 10.4 Å². The minimum absolute atomic E-state index is 0.0671. The van der Waals surface area contributed by atoms with Crippen LogP contribution in [0.4, 0.5) is 0 Å². The Morgan fingerprint density at radius 1 is 1.09 bits per heavy atom. The van der Waals surface area contributed by atoms with E-state index in [4.69, 9.17) is 4.74 Å². The van der Waals surface area contributed by atoms with E-state index in [0.717, 1.165) is 28.1 Å². The molecule has 1 amide bonds. The molecule has 2 heterocycles. The van der Waals surface area contributed by atoms with E-state index in [2.05, 4.69) is 10.4 Å². The van der Waals surface area contributed by atoms with Crippen LogP contribution in [-0.4, -0.2) is 21.5 Å². The van der Waals surface area contributed by atoms with E-state index < -0.39 is 17.6 Å². The fourth-order valence-electron chi connectivity index (χ4n) is 4.18. The molecular formula is C28H22N4O3. The first-order valence-corrected chi connectivity index (χ1v) is 11.2. The molecule has 4 aromatic rings. The van der Waals surface area contributed by atoms with Gasteiger partial charge in [0.25, 0.3) is 0 Å². The van der Waals surface area contributed by atoms with Crippen LogP contribution in [-0.2, 0) is 17.9 Å². The Labute approximate surface area is 202 Å². The number of aromatic nitrogens is 2. The molecule has 5 rings (SSSR count). The predicted octanol–water partition coefficient (Wildman–Crippen LogP) is 4.38. The highest BCUT2D eigenvalue weighted by atomic mass is 16.5. The number of aryl methyl sites for hydroxylation is 1. The molecule has 1 aliphatic heterocycles. The summed E-state index contributed by atoms with van der Waals surface area (Å²) >= 11 is 0. The van der Waals surface area contributed by atoms with Crippen LogP contribution in [0.1, 0.15) is 27.2 Å². The van der Waals surface area contributed by atoms with Crippen molar-refractivity contribution >= 4 is 11.7 Å². The number of rotatable bonds is 6. The van der Waals surface area contributed by atoms with Gasteiger partial charge in [0.15, 0.2) is 5.92 Å². The third-order valence-corrected chi connectivity index (χ3v) is 5.94. The number of carbonyl (C=O) groups is 2. The largest absolute Gasteiger partial charge is 0.488 e. The van der Waals surface area contributed by atoms with Gasteiger partial charge < -0.3 is 10.1 Å². The van der Waals surface area contributed by atoms with Crippen molar-refractivity contribution in [3.8, 4) is 28.8 Å². The average molecular weight is 463 g/mol. The lowest BCUT2D eigenvalue weighted by Crippen LogP contribution is -2.35. The number of Topliss-reactive ketones (excluding diaryl/α,β-unsaturated/α-hetero) is 1. The van der Waals surface area contributed by atoms with Crippen molar-refractivity contribution in [3.05, 3.63) is 101 Å². The summed E-state index contributed by atoms with van der Waals surface area (Å²) < 4.78 is 7.63. The van der Waals surface area contributed by atoms with Gasteiger partial charge in [0.05, 0.1) is 17.5 Å². The summed E-state index contributed by atoms with van der Waals surface area (Å²) in [6.07, 6.45) is 0. The molecule has 1 aliphatic rings. The molecule has 0 saturated carbocycles. The van der Waals surface area contributed by atoms with Crippen molar-refractivity contribution in [1.29, 1.82) is 5.26 Å². The van der Waals surface area contributed by atoms with Gasteiger partial charge in [-0.1, -0.05) is 60.2 Å². The zero-order valence-electron chi connectivity index (χ0n) is 19.1. The molecule has 7 heteroatoms. The minimum Gasteiger partial charge on any atom is -0.488 e. The van der Waals surface area contributed by atoms with E-state index in [1.165, 1.54) is 0 Å². The van der Waals surface area contributed by atoms with Crippen LogP contribution >= 0.6 is 0 Å². The molecule has 35 heavy (non-hydrogen) atoms. The van der Waals surface area contributed by atoms with Crippen molar-refractivity contribution in [1.82, 2.24) is 15.1 Å². The quantitative estimate of drug-likeness (QED) is 0.339. The molecule has 0 radical (unpaired) electrons. The summed E-state index contributed by atoms with van der Waals surface area (Å²) in [7, 11) is 0. The number of para-hydroxylation sites is 1. The van der Waals surface area contributed by atoms with E-state index in [1.54, 1.807) is 4.68 Å². The number of hydrogen-bond donors (Lipinski definition) is 1. The molecule has 1 unspecified atom stereocenters. The molecule has 0 saturated heterocycles. The maximum absolute atomic E-state index is 13.5. The predicted molar refractivity (Wildman–Crippen MR) is 130 cm³/mol. The molecule has 0 spiro atoms. The number of nitrogens with one attached hydrogen (secondary N) is 1. The molecule has 3 aromatic carbocycles. The summed E-state index contributed by atoms with van der Waals surface area (Å²) in [5, 5.41) is 17.1. The number of benzene rings is 3. The van der Waals surface area contributed by atoms with Crippen LogP contribution in [0.2, 0.25) is 0 Å². The van der Waals surface area contributed by atoms with Crippen LogP contribution in [0.3, 0.4) is 0 Å². The molecule has 172 valence electrons. The highest BCUT2D eigenvalue weighted by Gasteiger charge is 2.36. The lowest BCUT2D eigenvalue weighted by molar-refractivity contribution is -0.122. The molecule has 1 atom stereocenters. The number of nitrogens with zero attached hydrogens (tertiary/aromatic N) is 3. The van der Waals surface area contributed by atoms with Crippen LogP contribution in [0.5, 0.6) is 5.75 Å². The lowest BCUT2D eigenvalue weighted by Gasteiger charge is -2.20. The van der Waals surface area contributed by atoms with Gasteiger partial charge in [-0.05, 0) is 36.8 Å². The van der Waals surface area contributed by atoms with Gasteiger partial charge >= 0.3 is 0 Å². The fraction of sp³-hybridized carbons (Fsp3) is 0.143. The SMILES string of the molecule is Cc1ccc2c(c1)-c1c(c(C(=O)C(C#N)C(=O)NCc3ccccc3)nn1-c1ccccc1)CO2. The van der Waals surface area contributed by atoms with Crippen LogP contribution in [0.15, 0.2) is 78.9 Å². The van der Waals surface area contributed by atoms with Crippen molar-refractivity contribution in [2.24, 2.45) is 5.92 Å². The van der Waals surface area contributed by atoms with E-state index >= 15 is 0 Å². The Morgan fingerprint density at radius 2 is 1.80 bits per heavy atom. The van der Waals surface area contributed by atoms with Crippen LogP contribution in [0.25, 0.3) is 16.9 Å². The number of nitriles is 1. The van der Waals surface area contributed by atoms with Gasteiger partial charge in [-0.25, -0.2) is 4.68 Å². The number of carbonyl (C=O) groups excluding carboxylic acids is 2. The molecule has 0 fully saturated rings. The highest BCUT2D eigenvalue weighted by molar-refractivity contribution is 6.12. The zero-order valence-corrected chi connectivity index (χ0v) is 19.1. The van der Waals surface area contributed by atoms with E-state index in [-0.39, 0.29) is 18.8 Å². The van der Waals surface area contributed by atoms with Crippen LogP contribution in [0, 0.1) is 24.2 Å².